The molecule has 224 valence electrons. The van der Waals surface area contributed by atoms with Crippen LogP contribution in [-0.4, -0.2) is 47.9 Å². The molecule has 2 amide bonds. The number of ether oxygens (including phenoxy) is 2. The van der Waals surface area contributed by atoms with E-state index in [0.29, 0.717) is 24.5 Å². The molecule has 0 heterocycles. The van der Waals surface area contributed by atoms with Crippen molar-refractivity contribution in [3.05, 3.63) is 82.4 Å². The monoisotopic (exact) mass is 594 g/mol. The maximum absolute atomic E-state index is 14.3. The molecule has 3 aromatic rings. The zero-order valence-electron chi connectivity index (χ0n) is 22.2. The van der Waals surface area contributed by atoms with E-state index < -0.39 is 60.1 Å². The van der Waals surface area contributed by atoms with Crippen molar-refractivity contribution in [3.8, 4) is 17.2 Å². The number of benzene rings is 3. The molecular formula is C29H27F5N2O6. The van der Waals surface area contributed by atoms with E-state index in [0.717, 1.165) is 24.3 Å². The maximum Gasteiger partial charge on any atom is 0.416 e. The van der Waals surface area contributed by atoms with Gasteiger partial charge in [0.2, 0.25) is 5.91 Å². The minimum Gasteiger partial charge on any atom is -0.488 e. The molecule has 0 radical (unpaired) electrons. The van der Waals surface area contributed by atoms with Crippen LogP contribution in [0.5, 0.6) is 17.2 Å². The van der Waals surface area contributed by atoms with Crippen LogP contribution in [0.1, 0.15) is 45.8 Å². The molecule has 0 aromatic heterocycles. The van der Waals surface area contributed by atoms with Gasteiger partial charge in [-0.3, -0.25) is 9.59 Å². The molecule has 1 aliphatic rings. The predicted octanol–water partition coefficient (Wildman–Crippen LogP) is 5.06. The second kappa shape index (κ2) is 12.7. The highest BCUT2D eigenvalue weighted by molar-refractivity contribution is 6.06. The number of nitrogens with one attached hydrogen (secondary N) is 2. The molecule has 42 heavy (non-hydrogen) atoms. The zero-order chi connectivity index (χ0) is 30.6. The second-order valence-corrected chi connectivity index (χ2v) is 9.75. The van der Waals surface area contributed by atoms with Crippen molar-refractivity contribution in [2.24, 2.45) is 0 Å². The SMILES string of the molecule is Cc1cc(F)ccc1Oc1cc(C2CC2)c(C(F)(F)F)cc1C(=O)Nc1ccc(F)c(OC[C@H](O)CNC(=O)CO)c1. The Morgan fingerprint density at radius 2 is 1.76 bits per heavy atom. The van der Waals surface area contributed by atoms with Gasteiger partial charge in [0.1, 0.15) is 36.6 Å². The molecule has 1 fully saturated rings. The number of aliphatic hydroxyl groups excluding tert-OH is 2. The molecular weight excluding hydrogens is 567 g/mol. The Hall–Kier alpha value is -4.23. The van der Waals surface area contributed by atoms with E-state index in [4.69, 9.17) is 14.6 Å². The van der Waals surface area contributed by atoms with E-state index in [2.05, 4.69) is 10.6 Å². The van der Waals surface area contributed by atoms with Crippen LogP contribution in [-0.2, 0) is 11.0 Å². The Kier molecular flexibility index (Phi) is 9.32. The molecule has 0 unspecified atom stereocenters. The number of hydrogen-bond donors (Lipinski definition) is 4. The summed E-state index contributed by atoms with van der Waals surface area (Å²) >= 11 is 0. The molecule has 8 nitrogen and oxygen atoms in total. The molecule has 4 rings (SSSR count). The summed E-state index contributed by atoms with van der Waals surface area (Å²) < 4.78 is 81.1. The first-order valence-corrected chi connectivity index (χ1v) is 12.8. The number of rotatable bonds is 11. The van der Waals surface area contributed by atoms with Gasteiger partial charge < -0.3 is 30.3 Å². The predicted molar refractivity (Wildman–Crippen MR) is 141 cm³/mol. The van der Waals surface area contributed by atoms with Crippen molar-refractivity contribution >= 4 is 17.5 Å². The van der Waals surface area contributed by atoms with Crippen molar-refractivity contribution in [2.75, 3.05) is 25.1 Å². The van der Waals surface area contributed by atoms with Gasteiger partial charge in [0.25, 0.3) is 5.91 Å². The number of carbonyl (C=O) groups is 2. The summed E-state index contributed by atoms with van der Waals surface area (Å²) in [6.45, 7) is 0.00825. The minimum atomic E-state index is -4.76. The lowest BCUT2D eigenvalue weighted by Gasteiger charge is -2.19. The van der Waals surface area contributed by atoms with Crippen molar-refractivity contribution < 1.29 is 51.2 Å². The summed E-state index contributed by atoms with van der Waals surface area (Å²) in [6, 6.07) is 8.65. The Labute approximate surface area is 237 Å². The fourth-order valence-corrected chi connectivity index (χ4v) is 4.10. The first-order valence-electron chi connectivity index (χ1n) is 12.8. The first-order chi connectivity index (χ1) is 19.8. The minimum absolute atomic E-state index is 0.0139. The summed E-state index contributed by atoms with van der Waals surface area (Å²) in [5, 5.41) is 23.2. The summed E-state index contributed by atoms with van der Waals surface area (Å²) in [5.41, 5.74) is -1.14. The van der Waals surface area contributed by atoms with Crippen LogP contribution in [0.25, 0.3) is 0 Å². The molecule has 3 aromatic carbocycles. The van der Waals surface area contributed by atoms with E-state index >= 15 is 0 Å². The second-order valence-electron chi connectivity index (χ2n) is 9.75. The van der Waals surface area contributed by atoms with Gasteiger partial charge in [0.15, 0.2) is 11.6 Å². The normalized spacial score (nSPS) is 13.8. The fourth-order valence-electron chi connectivity index (χ4n) is 4.10. The van der Waals surface area contributed by atoms with Crippen molar-refractivity contribution in [1.29, 1.82) is 0 Å². The Morgan fingerprint density at radius 1 is 1.02 bits per heavy atom. The van der Waals surface area contributed by atoms with Crippen LogP contribution in [0.4, 0.5) is 27.6 Å². The quantitative estimate of drug-likeness (QED) is 0.231. The Morgan fingerprint density at radius 3 is 2.40 bits per heavy atom. The number of hydrogen-bond acceptors (Lipinski definition) is 6. The van der Waals surface area contributed by atoms with E-state index in [1.54, 1.807) is 6.92 Å². The molecule has 1 atom stereocenters. The van der Waals surface area contributed by atoms with Crippen LogP contribution in [0.15, 0.2) is 48.5 Å². The third-order valence-electron chi connectivity index (χ3n) is 6.37. The summed E-state index contributed by atoms with van der Waals surface area (Å²) in [4.78, 5) is 24.4. The van der Waals surface area contributed by atoms with Gasteiger partial charge in [-0.1, -0.05) is 0 Å². The zero-order valence-corrected chi connectivity index (χ0v) is 22.2. The number of amides is 2. The lowest BCUT2D eigenvalue weighted by atomic mass is 9.98. The lowest BCUT2D eigenvalue weighted by molar-refractivity contribution is -0.138. The first kappa shape index (κ1) is 30.7. The molecule has 13 heteroatoms. The highest BCUT2D eigenvalue weighted by atomic mass is 19.4. The maximum atomic E-state index is 14.3. The van der Waals surface area contributed by atoms with Gasteiger partial charge in [0, 0.05) is 18.3 Å². The third kappa shape index (κ3) is 7.74. The van der Waals surface area contributed by atoms with Crippen molar-refractivity contribution in [2.45, 2.75) is 38.0 Å². The van der Waals surface area contributed by atoms with Crippen LogP contribution in [0.2, 0.25) is 0 Å². The Bertz CT molecular complexity index is 1480. The average molecular weight is 595 g/mol. The van der Waals surface area contributed by atoms with E-state index in [9.17, 15) is 36.6 Å². The van der Waals surface area contributed by atoms with Crippen LogP contribution < -0.4 is 20.1 Å². The molecule has 0 bridgehead atoms. The number of anilines is 1. The number of alkyl halides is 3. The van der Waals surface area contributed by atoms with Gasteiger partial charge in [-0.25, -0.2) is 8.78 Å². The molecule has 0 aliphatic heterocycles. The fraction of sp³-hybridized carbons (Fsp3) is 0.310. The van der Waals surface area contributed by atoms with Crippen LogP contribution >= 0.6 is 0 Å². The van der Waals surface area contributed by atoms with Crippen LogP contribution in [0, 0.1) is 18.6 Å². The van der Waals surface area contributed by atoms with E-state index in [1.807, 2.05) is 0 Å². The molecule has 0 spiro atoms. The average Bonchev–Trinajstić information content (AvgIpc) is 3.78. The Balaban J connectivity index is 1.61. The van der Waals surface area contributed by atoms with Crippen molar-refractivity contribution in [3.63, 3.8) is 0 Å². The summed E-state index contributed by atoms with van der Waals surface area (Å²) in [6.07, 6.45) is -4.93. The molecule has 1 saturated carbocycles. The number of carbonyl (C=O) groups excluding carboxylic acids is 2. The van der Waals surface area contributed by atoms with Crippen LogP contribution in [0.3, 0.4) is 0 Å². The highest BCUT2D eigenvalue weighted by Gasteiger charge is 2.40. The highest BCUT2D eigenvalue weighted by Crippen LogP contribution is 2.48. The van der Waals surface area contributed by atoms with E-state index in [-0.39, 0.29) is 41.0 Å². The standard InChI is InChI=1S/C29H27F5N2O6/c1-15-8-17(30)4-7-24(15)42-25-11-20(16-2-3-16)22(29(32,33)34)10-21(25)28(40)36-18-5-6-23(31)26(9-18)41-14-19(38)12-35-27(39)13-37/h4-11,16,19,37-38H,2-3,12-14H2,1H3,(H,35,39)(H,36,40)/t19-/m1/s1. The van der Waals surface area contributed by atoms with Crippen molar-refractivity contribution in [1.82, 2.24) is 5.32 Å². The number of aliphatic hydroxyl groups is 2. The third-order valence-corrected chi connectivity index (χ3v) is 6.37. The van der Waals surface area contributed by atoms with E-state index in [1.165, 1.54) is 18.2 Å². The number of aryl methyl sites for hydroxylation is 1. The van der Waals surface area contributed by atoms with Gasteiger partial charge in [-0.15, -0.1) is 0 Å². The number of halogens is 5. The van der Waals surface area contributed by atoms with Gasteiger partial charge in [-0.05, 0) is 79.3 Å². The summed E-state index contributed by atoms with van der Waals surface area (Å²) in [7, 11) is 0. The summed E-state index contributed by atoms with van der Waals surface area (Å²) in [5.74, 6) is -3.91. The van der Waals surface area contributed by atoms with Gasteiger partial charge in [0.05, 0.1) is 11.1 Å². The lowest BCUT2D eigenvalue weighted by Crippen LogP contribution is -2.36. The topological polar surface area (TPSA) is 117 Å². The van der Waals surface area contributed by atoms with Gasteiger partial charge >= 0.3 is 6.18 Å². The largest absolute Gasteiger partial charge is 0.488 e. The molecule has 4 N–H and O–H groups in total. The molecule has 1 aliphatic carbocycles. The van der Waals surface area contributed by atoms with Gasteiger partial charge in [-0.2, -0.15) is 13.2 Å². The molecule has 0 saturated heterocycles. The smallest absolute Gasteiger partial charge is 0.416 e.